The molecule has 0 bridgehead atoms. The molecule has 0 atom stereocenters. The standard InChI is InChI=1S/C14H16N2O2.C12H15NO2.C6H7N.C6H10O3/c1-4-18-14(17)13-10(2)15-16(11(13)3)12-8-6-5-7-9-12;1-3-15-12(14)9-10(2)13-11-7-5-4-6-8-11;7-6-4-2-1-3-5-6;1-3-9-6(8)4-5(2)7/h5-9H,4H2,1-3H3;4-9,13H,3H2,1-2H3;1-5H,7H2;3-4H2,1-2H3/b;10-9-;;. The fourth-order valence-corrected chi connectivity index (χ4v) is 3.98. The summed E-state index contributed by atoms with van der Waals surface area (Å²) in [5, 5.41) is 7.49. The largest absolute Gasteiger partial charge is 0.466 e. The number of Topliss-reactive ketones (excluding diaryl/α,β-unsaturated/α-hetero) is 1. The van der Waals surface area contributed by atoms with E-state index in [2.05, 4.69) is 15.2 Å². The second-order valence-corrected chi connectivity index (χ2v) is 10.2. The van der Waals surface area contributed by atoms with Gasteiger partial charge in [0.05, 0.1) is 36.9 Å². The van der Waals surface area contributed by atoms with Gasteiger partial charge in [-0.2, -0.15) is 5.10 Å². The number of esters is 3. The molecule has 0 spiro atoms. The summed E-state index contributed by atoms with van der Waals surface area (Å²) in [4.78, 5) is 43.6. The van der Waals surface area contributed by atoms with Crippen LogP contribution < -0.4 is 11.1 Å². The molecule has 0 unspecified atom stereocenters. The Bertz CT molecular complexity index is 1600. The Labute approximate surface area is 289 Å². The fraction of sp³-hybridized carbons (Fsp3) is 0.289. The first-order valence-corrected chi connectivity index (χ1v) is 15.8. The van der Waals surface area contributed by atoms with Crippen molar-refractivity contribution in [2.24, 2.45) is 0 Å². The third-order valence-corrected chi connectivity index (χ3v) is 6.01. The highest BCUT2D eigenvalue weighted by atomic mass is 16.5. The average molecular weight is 673 g/mol. The van der Waals surface area contributed by atoms with E-state index in [4.69, 9.17) is 15.2 Å². The van der Waals surface area contributed by atoms with Crippen molar-refractivity contribution >= 4 is 35.1 Å². The molecule has 0 saturated heterocycles. The van der Waals surface area contributed by atoms with E-state index in [-0.39, 0.29) is 24.1 Å². The van der Waals surface area contributed by atoms with Crippen LogP contribution in [0.5, 0.6) is 0 Å². The van der Waals surface area contributed by atoms with E-state index in [1.165, 1.54) is 13.0 Å². The summed E-state index contributed by atoms with van der Waals surface area (Å²) >= 11 is 0. The Hall–Kier alpha value is -5.71. The number of para-hydroxylation sites is 3. The molecule has 4 rings (SSSR count). The number of ketones is 1. The molecule has 3 aromatic carbocycles. The van der Waals surface area contributed by atoms with Crippen LogP contribution in [0, 0.1) is 13.8 Å². The van der Waals surface area contributed by atoms with Gasteiger partial charge in [-0.25, -0.2) is 14.3 Å². The highest BCUT2D eigenvalue weighted by Gasteiger charge is 2.20. The number of hydrogen-bond donors (Lipinski definition) is 2. The molecule has 0 amide bonds. The summed E-state index contributed by atoms with van der Waals surface area (Å²) in [6.45, 7) is 13.3. The second kappa shape index (κ2) is 23.6. The zero-order valence-corrected chi connectivity index (χ0v) is 29.4. The van der Waals surface area contributed by atoms with Gasteiger partial charge in [0.2, 0.25) is 0 Å². The first-order valence-electron chi connectivity index (χ1n) is 15.8. The van der Waals surface area contributed by atoms with Crippen LogP contribution in [0.2, 0.25) is 0 Å². The maximum atomic E-state index is 11.9. The van der Waals surface area contributed by atoms with Crippen molar-refractivity contribution in [3.05, 3.63) is 120 Å². The number of rotatable bonds is 10. The van der Waals surface area contributed by atoms with E-state index in [0.717, 1.165) is 28.5 Å². The van der Waals surface area contributed by atoms with Gasteiger partial charge in [-0.15, -0.1) is 0 Å². The summed E-state index contributed by atoms with van der Waals surface area (Å²) in [5.74, 6) is -1.23. The molecule has 0 saturated carbocycles. The molecule has 11 heteroatoms. The van der Waals surface area contributed by atoms with Gasteiger partial charge in [0.1, 0.15) is 17.8 Å². The van der Waals surface area contributed by atoms with E-state index >= 15 is 0 Å². The number of hydrogen-bond acceptors (Lipinski definition) is 10. The molecule has 0 radical (unpaired) electrons. The van der Waals surface area contributed by atoms with E-state index in [9.17, 15) is 19.2 Å². The van der Waals surface area contributed by atoms with Crippen LogP contribution in [0.3, 0.4) is 0 Å². The van der Waals surface area contributed by atoms with Crippen molar-refractivity contribution in [2.75, 3.05) is 30.9 Å². The number of nitrogens with one attached hydrogen (secondary N) is 1. The zero-order chi connectivity index (χ0) is 36.6. The molecular weight excluding hydrogens is 624 g/mol. The molecule has 0 aliphatic carbocycles. The Morgan fingerprint density at radius 2 is 1.27 bits per heavy atom. The zero-order valence-electron chi connectivity index (χ0n) is 29.4. The minimum Gasteiger partial charge on any atom is -0.466 e. The molecule has 4 aromatic rings. The molecule has 0 aliphatic rings. The summed E-state index contributed by atoms with van der Waals surface area (Å²) in [7, 11) is 0. The molecule has 49 heavy (non-hydrogen) atoms. The van der Waals surface area contributed by atoms with Gasteiger partial charge in [0.15, 0.2) is 0 Å². The number of carbonyl (C=O) groups is 4. The monoisotopic (exact) mass is 672 g/mol. The number of carbonyl (C=O) groups excluding carboxylic acids is 4. The number of nitrogens with zero attached hydrogens (tertiary/aromatic N) is 2. The average Bonchev–Trinajstić information content (AvgIpc) is 3.36. The highest BCUT2D eigenvalue weighted by molar-refractivity contribution is 5.94. The molecule has 262 valence electrons. The van der Waals surface area contributed by atoms with Gasteiger partial charge in [0, 0.05) is 23.1 Å². The first kappa shape index (κ1) is 41.3. The number of aromatic nitrogens is 2. The predicted molar refractivity (Wildman–Crippen MR) is 192 cm³/mol. The number of aryl methyl sites for hydroxylation is 1. The minimum atomic E-state index is -0.440. The van der Waals surface area contributed by atoms with Crippen molar-refractivity contribution in [1.82, 2.24) is 9.78 Å². The molecule has 0 aliphatic heterocycles. The van der Waals surface area contributed by atoms with E-state index in [1.54, 1.807) is 25.5 Å². The predicted octanol–water partition coefficient (Wildman–Crippen LogP) is 7.03. The van der Waals surface area contributed by atoms with Gasteiger partial charge in [-0.1, -0.05) is 54.6 Å². The Morgan fingerprint density at radius 1 is 0.755 bits per heavy atom. The lowest BCUT2D eigenvalue weighted by molar-refractivity contribution is -0.145. The number of nitrogens with two attached hydrogens (primary N) is 1. The third-order valence-electron chi connectivity index (χ3n) is 6.01. The first-order chi connectivity index (χ1) is 23.4. The van der Waals surface area contributed by atoms with Gasteiger partial charge in [-0.05, 0) is 84.9 Å². The number of benzene rings is 3. The highest BCUT2D eigenvalue weighted by Crippen LogP contribution is 2.18. The SMILES string of the molecule is CCOC(=O)/C=C(/C)Nc1ccccc1.CCOC(=O)CC(C)=O.CCOC(=O)c1c(C)nn(-c2ccccc2)c1C.Nc1ccccc1. The van der Waals surface area contributed by atoms with Gasteiger partial charge < -0.3 is 25.3 Å². The van der Waals surface area contributed by atoms with Crippen molar-refractivity contribution in [2.45, 2.75) is 54.9 Å². The van der Waals surface area contributed by atoms with E-state index < -0.39 is 5.97 Å². The molecular formula is C38H48N4O7. The lowest BCUT2D eigenvalue weighted by Gasteiger charge is -2.05. The second-order valence-electron chi connectivity index (χ2n) is 10.2. The van der Waals surface area contributed by atoms with Crippen LogP contribution in [0.25, 0.3) is 5.69 Å². The number of allylic oxidation sites excluding steroid dienone is 1. The molecule has 11 nitrogen and oxygen atoms in total. The smallest absolute Gasteiger partial charge is 0.341 e. The lowest BCUT2D eigenvalue weighted by atomic mass is 10.2. The normalized spacial score (nSPS) is 9.98. The van der Waals surface area contributed by atoms with Crippen LogP contribution in [-0.4, -0.2) is 53.3 Å². The topological polar surface area (TPSA) is 152 Å². The Morgan fingerprint density at radius 3 is 1.73 bits per heavy atom. The van der Waals surface area contributed by atoms with E-state index in [0.29, 0.717) is 31.1 Å². The van der Waals surface area contributed by atoms with E-state index in [1.807, 2.05) is 112 Å². The summed E-state index contributed by atoms with van der Waals surface area (Å²) < 4.78 is 16.1. The number of anilines is 2. The van der Waals surface area contributed by atoms with Crippen molar-refractivity contribution in [3.8, 4) is 5.69 Å². The minimum absolute atomic E-state index is 0.103. The number of nitrogen functional groups attached to an aromatic ring is 1. The molecule has 1 aromatic heterocycles. The molecule has 1 heterocycles. The maximum absolute atomic E-state index is 11.9. The van der Waals surface area contributed by atoms with Crippen molar-refractivity contribution in [1.29, 1.82) is 0 Å². The van der Waals surface area contributed by atoms with Crippen LogP contribution in [0.15, 0.2) is 103 Å². The Balaban J connectivity index is 0.000000348. The quantitative estimate of drug-likeness (QED) is 0.0591. The van der Waals surface area contributed by atoms with Crippen molar-refractivity contribution < 1.29 is 33.4 Å². The van der Waals surface area contributed by atoms with Gasteiger partial charge >= 0.3 is 17.9 Å². The van der Waals surface area contributed by atoms with Crippen molar-refractivity contribution in [3.63, 3.8) is 0 Å². The lowest BCUT2D eigenvalue weighted by Crippen LogP contribution is -2.07. The number of ether oxygens (including phenoxy) is 3. The third kappa shape index (κ3) is 17.1. The fourth-order valence-electron chi connectivity index (χ4n) is 3.98. The summed E-state index contributed by atoms with van der Waals surface area (Å²) in [6, 6.07) is 28.9. The summed E-state index contributed by atoms with van der Waals surface area (Å²) in [5.41, 5.74) is 10.9. The Kier molecular flexibility index (Phi) is 19.9. The van der Waals surface area contributed by atoms with Crippen LogP contribution in [0.4, 0.5) is 11.4 Å². The molecule has 3 N–H and O–H groups in total. The van der Waals surface area contributed by atoms with Crippen LogP contribution >= 0.6 is 0 Å². The molecule has 0 fully saturated rings. The van der Waals surface area contributed by atoms with Gasteiger partial charge in [-0.3, -0.25) is 9.59 Å². The van der Waals surface area contributed by atoms with Crippen LogP contribution in [-0.2, 0) is 28.6 Å². The summed E-state index contributed by atoms with van der Waals surface area (Å²) in [6.07, 6.45) is 1.34. The maximum Gasteiger partial charge on any atom is 0.341 e. The van der Waals surface area contributed by atoms with Gasteiger partial charge in [0.25, 0.3) is 0 Å². The van der Waals surface area contributed by atoms with Crippen LogP contribution in [0.1, 0.15) is 62.8 Å².